The van der Waals surface area contributed by atoms with Gasteiger partial charge in [0, 0.05) is 19.3 Å². The molecule has 1 amide bonds. The van der Waals surface area contributed by atoms with Crippen LogP contribution in [0, 0.1) is 5.92 Å². The molecule has 1 aliphatic rings. The zero-order valence-corrected chi connectivity index (χ0v) is 14.2. The van der Waals surface area contributed by atoms with Crippen molar-refractivity contribution in [2.24, 2.45) is 5.92 Å². The van der Waals surface area contributed by atoms with E-state index in [1.165, 1.54) is 6.20 Å². The summed E-state index contributed by atoms with van der Waals surface area (Å²) in [7, 11) is 0. The number of hydrogen-bond donors (Lipinski definition) is 1. The number of rotatable bonds is 4. The third kappa shape index (κ3) is 4.13. The summed E-state index contributed by atoms with van der Waals surface area (Å²) in [5, 5.41) is 11.0. The van der Waals surface area contributed by atoms with E-state index in [-0.39, 0.29) is 17.9 Å². The smallest absolute Gasteiger partial charge is 0.272 e. The van der Waals surface area contributed by atoms with Crippen molar-refractivity contribution in [1.29, 1.82) is 0 Å². The van der Waals surface area contributed by atoms with Crippen molar-refractivity contribution in [2.75, 3.05) is 13.1 Å². The van der Waals surface area contributed by atoms with Crippen LogP contribution >= 0.6 is 11.6 Å². The van der Waals surface area contributed by atoms with E-state index in [0.29, 0.717) is 30.2 Å². The summed E-state index contributed by atoms with van der Waals surface area (Å²) in [5.41, 5.74) is 1.57. The zero-order chi connectivity index (χ0) is 16.9. The number of carbonyl (C=O) groups is 1. The number of benzene rings is 1. The number of halogens is 1. The molecular formula is C19H21ClN2O2. The third-order valence-electron chi connectivity index (χ3n) is 4.61. The maximum Gasteiger partial charge on any atom is 0.272 e. The molecule has 1 fully saturated rings. The van der Waals surface area contributed by atoms with Crippen LogP contribution in [-0.2, 0) is 6.42 Å². The molecule has 1 aliphatic heterocycles. The van der Waals surface area contributed by atoms with Crippen LogP contribution in [0.3, 0.4) is 0 Å². The molecule has 4 nitrogen and oxygen atoms in total. The first-order valence-corrected chi connectivity index (χ1v) is 8.64. The van der Waals surface area contributed by atoms with Crippen molar-refractivity contribution in [3.05, 3.63) is 64.9 Å². The number of amides is 1. The van der Waals surface area contributed by atoms with Crippen LogP contribution in [0.5, 0.6) is 0 Å². The van der Waals surface area contributed by atoms with Crippen LogP contribution < -0.4 is 0 Å². The number of hydrogen-bond acceptors (Lipinski definition) is 3. The Labute approximate surface area is 147 Å². The fraction of sp³-hybridized carbons (Fsp3) is 0.368. The fourth-order valence-electron chi connectivity index (χ4n) is 3.17. The molecule has 3 rings (SSSR count). The molecule has 1 atom stereocenters. The first-order chi connectivity index (χ1) is 11.6. The largest absolute Gasteiger partial charge is 0.392 e. The van der Waals surface area contributed by atoms with Crippen LogP contribution in [-0.4, -0.2) is 40.1 Å². The minimum Gasteiger partial charge on any atom is -0.392 e. The Bertz CT molecular complexity index is 668. The minimum atomic E-state index is -0.363. The molecule has 1 N–H and O–H groups in total. The van der Waals surface area contributed by atoms with Gasteiger partial charge in [-0.1, -0.05) is 41.9 Å². The number of nitrogens with zero attached hydrogens (tertiary/aromatic N) is 2. The second-order valence-corrected chi connectivity index (χ2v) is 6.68. The molecular weight excluding hydrogens is 324 g/mol. The number of aliphatic hydroxyl groups excluding tert-OH is 1. The summed E-state index contributed by atoms with van der Waals surface area (Å²) < 4.78 is 0. The molecule has 2 aromatic rings. The van der Waals surface area contributed by atoms with Crippen LogP contribution in [0.1, 0.15) is 28.9 Å². The van der Waals surface area contributed by atoms with Gasteiger partial charge in [-0.3, -0.25) is 4.79 Å². The van der Waals surface area contributed by atoms with Crippen molar-refractivity contribution >= 4 is 17.5 Å². The molecule has 0 unspecified atom stereocenters. The Morgan fingerprint density at radius 3 is 2.54 bits per heavy atom. The quantitative estimate of drug-likeness (QED) is 0.926. The van der Waals surface area contributed by atoms with Crippen molar-refractivity contribution in [2.45, 2.75) is 25.4 Å². The van der Waals surface area contributed by atoms with E-state index < -0.39 is 0 Å². The highest BCUT2D eigenvalue weighted by Crippen LogP contribution is 2.24. The van der Waals surface area contributed by atoms with Gasteiger partial charge < -0.3 is 10.0 Å². The molecule has 1 saturated heterocycles. The number of likely N-dealkylation sites (tertiary alicyclic amines) is 1. The fourth-order valence-corrected chi connectivity index (χ4v) is 3.29. The van der Waals surface area contributed by atoms with Gasteiger partial charge in [-0.05, 0) is 42.9 Å². The average Bonchev–Trinajstić information content (AvgIpc) is 2.63. The second-order valence-electron chi connectivity index (χ2n) is 6.25. The Hall–Kier alpha value is -1.91. The lowest BCUT2D eigenvalue weighted by molar-refractivity contribution is 0.0464. The molecule has 5 heteroatoms. The standard InChI is InChI=1S/C19H21ClN2O2/c20-16-6-7-17(21-13-16)19(24)22-10-8-15(9-11-22)18(23)12-14-4-2-1-3-5-14/h1-7,13,15,18,23H,8-12H2/t18-/m1/s1. The lowest BCUT2D eigenvalue weighted by Gasteiger charge is -2.34. The Balaban J connectivity index is 1.53. The Morgan fingerprint density at radius 1 is 1.21 bits per heavy atom. The Kier molecular flexibility index (Phi) is 5.48. The number of carbonyl (C=O) groups excluding carboxylic acids is 1. The number of piperidine rings is 1. The maximum atomic E-state index is 12.4. The van der Waals surface area contributed by atoms with Crippen molar-refractivity contribution in [3.63, 3.8) is 0 Å². The lowest BCUT2D eigenvalue weighted by atomic mass is 9.88. The van der Waals surface area contributed by atoms with Gasteiger partial charge in [-0.2, -0.15) is 0 Å². The van der Waals surface area contributed by atoms with Gasteiger partial charge in [0.05, 0.1) is 11.1 Å². The molecule has 2 heterocycles. The zero-order valence-electron chi connectivity index (χ0n) is 13.4. The molecule has 24 heavy (non-hydrogen) atoms. The molecule has 0 radical (unpaired) electrons. The molecule has 0 aliphatic carbocycles. The molecule has 126 valence electrons. The first-order valence-electron chi connectivity index (χ1n) is 8.26. The van der Waals surface area contributed by atoms with E-state index in [2.05, 4.69) is 4.98 Å². The van der Waals surface area contributed by atoms with Gasteiger partial charge in [-0.25, -0.2) is 4.98 Å². The molecule has 0 bridgehead atoms. The number of pyridine rings is 1. The van der Waals surface area contributed by atoms with Gasteiger partial charge in [0.25, 0.3) is 5.91 Å². The SMILES string of the molecule is O=C(c1ccc(Cl)cn1)N1CCC([C@H](O)Cc2ccccc2)CC1. The van der Waals surface area contributed by atoms with E-state index in [1.807, 2.05) is 35.2 Å². The summed E-state index contributed by atoms with van der Waals surface area (Å²) in [6, 6.07) is 13.4. The predicted molar refractivity (Wildman–Crippen MR) is 94.0 cm³/mol. The van der Waals surface area contributed by atoms with Crippen LogP contribution in [0.2, 0.25) is 5.02 Å². The van der Waals surface area contributed by atoms with E-state index >= 15 is 0 Å². The summed E-state index contributed by atoms with van der Waals surface area (Å²) in [6.45, 7) is 1.30. The average molecular weight is 345 g/mol. The van der Waals surface area contributed by atoms with Gasteiger partial charge >= 0.3 is 0 Å². The summed E-state index contributed by atoms with van der Waals surface area (Å²) in [6.07, 6.45) is 3.42. The van der Waals surface area contributed by atoms with Gasteiger partial charge in [0.15, 0.2) is 0 Å². The normalized spacial score (nSPS) is 16.8. The van der Waals surface area contributed by atoms with Gasteiger partial charge in [0.2, 0.25) is 0 Å². The molecule has 1 aromatic carbocycles. The van der Waals surface area contributed by atoms with E-state index in [0.717, 1.165) is 18.4 Å². The van der Waals surface area contributed by atoms with Gasteiger partial charge in [0.1, 0.15) is 5.69 Å². The third-order valence-corrected chi connectivity index (χ3v) is 4.83. The predicted octanol–water partition coefficient (Wildman–Crippen LogP) is 3.19. The Morgan fingerprint density at radius 2 is 1.92 bits per heavy atom. The number of aromatic nitrogens is 1. The maximum absolute atomic E-state index is 12.4. The molecule has 0 saturated carbocycles. The van der Waals surface area contributed by atoms with Gasteiger partial charge in [-0.15, -0.1) is 0 Å². The van der Waals surface area contributed by atoms with Crippen LogP contribution in [0.4, 0.5) is 0 Å². The number of aliphatic hydroxyl groups is 1. The summed E-state index contributed by atoms with van der Waals surface area (Å²) >= 11 is 5.81. The van der Waals surface area contributed by atoms with E-state index in [4.69, 9.17) is 11.6 Å². The van der Waals surface area contributed by atoms with E-state index in [9.17, 15) is 9.90 Å². The van der Waals surface area contributed by atoms with Crippen molar-refractivity contribution < 1.29 is 9.90 Å². The monoisotopic (exact) mass is 344 g/mol. The van der Waals surface area contributed by atoms with Crippen molar-refractivity contribution in [1.82, 2.24) is 9.88 Å². The highest BCUT2D eigenvalue weighted by molar-refractivity contribution is 6.30. The van der Waals surface area contributed by atoms with Crippen LogP contribution in [0.15, 0.2) is 48.7 Å². The first kappa shape index (κ1) is 16.9. The second kappa shape index (κ2) is 7.77. The molecule has 0 spiro atoms. The van der Waals surface area contributed by atoms with Crippen molar-refractivity contribution in [3.8, 4) is 0 Å². The molecule has 1 aromatic heterocycles. The highest BCUT2D eigenvalue weighted by Gasteiger charge is 2.28. The van der Waals surface area contributed by atoms with Crippen LogP contribution in [0.25, 0.3) is 0 Å². The summed E-state index contributed by atoms with van der Waals surface area (Å²) in [4.78, 5) is 18.3. The van der Waals surface area contributed by atoms with E-state index in [1.54, 1.807) is 12.1 Å². The minimum absolute atomic E-state index is 0.0670. The summed E-state index contributed by atoms with van der Waals surface area (Å²) in [5.74, 6) is 0.162. The highest BCUT2D eigenvalue weighted by atomic mass is 35.5. The topological polar surface area (TPSA) is 53.4 Å². The lowest BCUT2D eigenvalue weighted by Crippen LogP contribution is -2.41.